The summed E-state index contributed by atoms with van der Waals surface area (Å²) in [5.74, 6) is -0.444. The van der Waals surface area contributed by atoms with Gasteiger partial charge in [-0.05, 0) is 24.5 Å². The van der Waals surface area contributed by atoms with Crippen molar-refractivity contribution in [2.24, 2.45) is 5.92 Å². The Labute approximate surface area is 130 Å². The molecule has 1 heterocycles. The average molecular weight is 345 g/mol. The molecule has 1 aromatic rings. The van der Waals surface area contributed by atoms with Crippen LogP contribution < -0.4 is 5.32 Å². The standard InChI is InChI=1S/C14H19NO5S2/c16-14(15-10-12-6-8-21(17,18)11-12)7-9-22(19,20)13-4-2-1-3-5-13/h1-5,12H,6-11H2,(H,15,16). The molecule has 1 N–H and O–H groups in total. The van der Waals surface area contributed by atoms with E-state index in [1.54, 1.807) is 18.2 Å². The average Bonchev–Trinajstić information content (AvgIpc) is 2.83. The SMILES string of the molecule is O=C(CCS(=O)(=O)c1ccccc1)NCC1CCS(=O)(=O)C1. The molecule has 6 nitrogen and oxygen atoms in total. The Bertz CT molecular complexity index is 726. The van der Waals surface area contributed by atoms with Crippen LogP contribution in [0, 0.1) is 5.92 Å². The number of rotatable bonds is 6. The first-order valence-corrected chi connectivity index (χ1v) is 10.5. The molecule has 1 aliphatic heterocycles. The molecular weight excluding hydrogens is 326 g/mol. The second kappa shape index (κ2) is 6.78. The summed E-state index contributed by atoms with van der Waals surface area (Å²) in [5, 5.41) is 2.62. The van der Waals surface area contributed by atoms with E-state index in [0.29, 0.717) is 6.42 Å². The summed E-state index contributed by atoms with van der Waals surface area (Å²) in [5.41, 5.74) is 0. The molecule has 22 heavy (non-hydrogen) atoms. The van der Waals surface area contributed by atoms with Crippen molar-refractivity contribution in [1.29, 1.82) is 0 Å². The third kappa shape index (κ3) is 4.81. The summed E-state index contributed by atoms with van der Waals surface area (Å²) < 4.78 is 46.7. The molecule has 1 aliphatic rings. The van der Waals surface area contributed by atoms with E-state index in [4.69, 9.17) is 0 Å². The van der Waals surface area contributed by atoms with E-state index in [1.807, 2.05) is 0 Å². The molecular formula is C14H19NO5S2. The van der Waals surface area contributed by atoms with Crippen molar-refractivity contribution in [3.63, 3.8) is 0 Å². The van der Waals surface area contributed by atoms with Gasteiger partial charge in [0.05, 0.1) is 22.2 Å². The number of amides is 1. The van der Waals surface area contributed by atoms with E-state index in [2.05, 4.69) is 5.32 Å². The maximum atomic E-state index is 12.0. The lowest BCUT2D eigenvalue weighted by Gasteiger charge is -2.10. The van der Waals surface area contributed by atoms with E-state index < -0.39 is 19.7 Å². The van der Waals surface area contributed by atoms with Crippen LogP contribution in [-0.2, 0) is 24.5 Å². The summed E-state index contributed by atoms with van der Waals surface area (Å²) in [6.45, 7) is 0.281. The van der Waals surface area contributed by atoms with Crippen molar-refractivity contribution in [2.45, 2.75) is 17.7 Å². The van der Waals surface area contributed by atoms with Crippen LogP contribution in [0.4, 0.5) is 0 Å². The normalized spacial score (nSPS) is 20.6. The van der Waals surface area contributed by atoms with Crippen molar-refractivity contribution >= 4 is 25.6 Å². The number of nitrogens with one attached hydrogen (secondary N) is 1. The van der Waals surface area contributed by atoms with E-state index in [9.17, 15) is 21.6 Å². The van der Waals surface area contributed by atoms with E-state index in [-0.39, 0.29) is 46.9 Å². The number of hydrogen-bond donors (Lipinski definition) is 1. The minimum absolute atomic E-state index is 0.0697. The number of carbonyl (C=O) groups excluding carboxylic acids is 1. The minimum atomic E-state index is -3.47. The van der Waals surface area contributed by atoms with Gasteiger partial charge in [0.25, 0.3) is 0 Å². The van der Waals surface area contributed by atoms with Crippen molar-refractivity contribution in [3.05, 3.63) is 30.3 Å². The highest BCUT2D eigenvalue weighted by Crippen LogP contribution is 2.17. The van der Waals surface area contributed by atoms with Crippen molar-refractivity contribution in [3.8, 4) is 0 Å². The largest absolute Gasteiger partial charge is 0.356 e. The molecule has 0 aromatic heterocycles. The van der Waals surface area contributed by atoms with Gasteiger partial charge in [-0.3, -0.25) is 4.79 Å². The third-order valence-electron chi connectivity index (χ3n) is 3.61. The Morgan fingerprint density at radius 1 is 1.23 bits per heavy atom. The van der Waals surface area contributed by atoms with Crippen LogP contribution in [0.5, 0.6) is 0 Å². The van der Waals surface area contributed by atoms with Gasteiger partial charge in [0.1, 0.15) is 0 Å². The molecule has 0 aliphatic carbocycles. The van der Waals surface area contributed by atoms with Crippen LogP contribution in [0.1, 0.15) is 12.8 Å². The third-order valence-corrected chi connectivity index (χ3v) is 7.18. The fourth-order valence-corrected chi connectivity index (χ4v) is 5.48. The molecule has 1 unspecified atom stereocenters. The molecule has 2 rings (SSSR count). The predicted molar refractivity (Wildman–Crippen MR) is 82.9 cm³/mol. The van der Waals surface area contributed by atoms with Crippen molar-refractivity contribution < 1.29 is 21.6 Å². The molecule has 1 aromatic carbocycles. The highest BCUT2D eigenvalue weighted by Gasteiger charge is 2.28. The Morgan fingerprint density at radius 2 is 1.91 bits per heavy atom. The zero-order valence-electron chi connectivity index (χ0n) is 12.1. The molecule has 8 heteroatoms. The summed E-state index contributed by atoms with van der Waals surface area (Å²) in [7, 11) is -6.43. The molecule has 122 valence electrons. The topological polar surface area (TPSA) is 97.4 Å². The lowest BCUT2D eigenvalue weighted by molar-refractivity contribution is -0.120. The van der Waals surface area contributed by atoms with Gasteiger partial charge in [0, 0.05) is 13.0 Å². The first-order valence-electron chi connectivity index (χ1n) is 7.03. The molecule has 1 saturated heterocycles. The monoisotopic (exact) mass is 345 g/mol. The number of sulfone groups is 2. The number of carbonyl (C=O) groups is 1. The van der Waals surface area contributed by atoms with E-state index >= 15 is 0 Å². The zero-order valence-corrected chi connectivity index (χ0v) is 13.7. The van der Waals surface area contributed by atoms with Gasteiger partial charge in [-0.15, -0.1) is 0 Å². The van der Waals surface area contributed by atoms with Gasteiger partial charge in [0.15, 0.2) is 19.7 Å². The first kappa shape index (κ1) is 17.0. The van der Waals surface area contributed by atoms with Crippen LogP contribution in [-0.4, -0.2) is 46.5 Å². The summed E-state index contributed by atoms with van der Waals surface area (Å²) >= 11 is 0. The lowest BCUT2D eigenvalue weighted by atomic mass is 10.1. The number of benzene rings is 1. The smallest absolute Gasteiger partial charge is 0.221 e. The second-order valence-electron chi connectivity index (χ2n) is 5.46. The molecule has 0 saturated carbocycles. The van der Waals surface area contributed by atoms with Gasteiger partial charge in [-0.1, -0.05) is 18.2 Å². The van der Waals surface area contributed by atoms with Crippen LogP contribution >= 0.6 is 0 Å². The summed E-state index contributed by atoms with van der Waals surface area (Å²) in [4.78, 5) is 11.9. The summed E-state index contributed by atoms with van der Waals surface area (Å²) in [6, 6.07) is 7.98. The van der Waals surface area contributed by atoms with Crippen LogP contribution in [0.25, 0.3) is 0 Å². The van der Waals surface area contributed by atoms with Gasteiger partial charge in [-0.25, -0.2) is 16.8 Å². The lowest BCUT2D eigenvalue weighted by Crippen LogP contribution is -2.31. The Kier molecular flexibility index (Phi) is 5.23. The predicted octanol–water partition coefficient (Wildman–Crippen LogP) is 0.401. The summed E-state index contributed by atoms with van der Waals surface area (Å²) in [6.07, 6.45) is 0.418. The fraction of sp³-hybridized carbons (Fsp3) is 0.500. The maximum Gasteiger partial charge on any atom is 0.221 e. The minimum Gasteiger partial charge on any atom is -0.356 e. The zero-order chi connectivity index (χ0) is 16.2. The quantitative estimate of drug-likeness (QED) is 0.805. The first-order chi connectivity index (χ1) is 10.3. The molecule has 1 fully saturated rings. The van der Waals surface area contributed by atoms with Crippen LogP contribution in [0.15, 0.2) is 35.2 Å². The molecule has 0 spiro atoms. The second-order valence-corrected chi connectivity index (χ2v) is 9.79. The van der Waals surface area contributed by atoms with E-state index in [0.717, 1.165) is 0 Å². The molecule has 0 radical (unpaired) electrons. The van der Waals surface area contributed by atoms with E-state index in [1.165, 1.54) is 12.1 Å². The highest BCUT2D eigenvalue weighted by atomic mass is 32.2. The van der Waals surface area contributed by atoms with Gasteiger partial charge >= 0.3 is 0 Å². The van der Waals surface area contributed by atoms with Crippen molar-refractivity contribution in [2.75, 3.05) is 23.8 Å². The van der Waals surface area contributed by atoms with Gasteiger partial charge in [-0.2, -0.15) is 0 Å². The number of hydrogen-bond acceptors (Lipinski definition) is 5. The van der Waals surface area contributed by atoms with Gasteiger partial charge < -0.3 is 5.32 Å². The molecule has 1 amide bonds. The fourth-order valence-electron chi connectivity index (χ4n) is 2.35. The maximum absolute atomic E-state index is 12.0. The Hall–Kier alpha value is -1.41. The molecule has 1 atom stereocenters. The Balaban J connectivity index is 1.79. The Morgan fingerprint density at radius 3 is 2.50 bits per heavy atom. The molecule has 0 bridgehead atoms. The van der Waals surface area contributed by atoms with Crippen LogP contribution in [0.3, 0.4) is 0 Å². The van der Waals surface area contributed by atoms with Gasteiger partial charge in [0.2, 0.25) is 5.91 Å². The van der Waals surface area contributed by atoms with Crippen molar-refractivity contribution in [1.82, 2.24) is 5.32 Å². The highest BCUT2D eigenvalue weighted by molar-refractivity contribution is 7.91. The van der Waals surface area contributed by atoms with Crippen LogP contribution in [0.2, 0.25) is 0 Å².